The van der Waals surface area contributed by atoms with Crippen molar-refractivity contribution in [2.45, 2.75) is 47.2 Å². The van der Waals surface area contributed by atoms with Gasteiger partial charge in [0.25, 0.3) is 0 Å². The highest BCUT2D eigenvalue weighted by molar-refractivity contribution is 5.42. The standard InChI is InChI=1S/C14H25N3/c1-6-15-10-13-8-9-14(16-12(13)5)17(7-2)11(3)4/h8-9,11,15H,6-7,10H2,1-5H3. The third kappa shape index (κ3) is 3.70. The van der Waals surface area contributed by atoms with Gasteiger partial charge in [0.15, 0.2) is 0 Å². The van der Waals surface area contributed by atoms with Crippen LogP contribution in [0.1, 0.15) is 39.0 Å². The Morgan fingerprint density at radius 1 is 1.29 bits per heavy atom. The van der Waals surface area contributed by atoms with Gasteiger partial charge in [-0.2, -0.15) is 0 Å². The summed E-state index contributed by atoms with van der Waals surface area (Å²) in [4.78, 5) is 7.01. The summed E-state index contributed by atoms with van der Waals surface area (Å²) in [6.45, 7) is 13.7. The molecule has 3 nitrogen and oxygen atoms in total. The summed E-state index contributed by atoms with van der Waals surface area (Å²) >= 11 is 0. The van der Waals surface area contributed by atoms with E-state index in [4.69, 9.17) is 4.98 Å². The van der Waals surface area contributed by atoms with Crippen LogP contribution in [0, 0.1) is 6.92 Å². The first-order valence-corrected chi connectivity index (χ1v) is 6.54. The van der Waals surface area contributed by atoms with Crippen molar-refractivity contribution in [1.29, 1.82) is 0 Å². The van der Waals surface area contributed by atoms with Crippen molar-refractivity contribution in [2.24, 2.45) is 0 Å². The van der Waals surface area contributed by atoms with Crippen LogP contribution in [0.3, 0.4) is 0 Å². The van der Waals surface area contributed by atoms with Crippen molar-refractivity contribution in [3.8, 4) is 0 Å². The fraction of sp³-hybridized carbons (Fsp3) is 0.643. The molecule has 1 rings (SSSR count). The highest BCUT2D eigenvalue weighted by Crippen LogP contribution is 2.16. The van der Waals surface area contributed by atoms with Crippen LogP contribution in [-0.2, 0) is 6.54 Å². The molecule has 3 heteroatoms. The van der Waals surface area contributed by atoms with Crippen molar-refractivity contribution in [3.05, 3.63) is 23.4 Å². The molecule has 17 heavy (non-hydrogen) atoms. The summed E-state index contributed by atoms with van der Waals surface area (Å²) in [7, 11) is 0. The molecular weight excluding hydrogens is 210 g/mol. The Labute approximate surface area is 105 Å². The Morgan fingerprint density at radius 2 is 2.00 bits per heavy atom. The largest absolute Gasteiger partial charge is 0.354 e. The lowest BCUT2D eigenvalue weighted by Crippen LogP contribution is -2.31. The summed E-state index contributed by atoms with van der Waals surface area (Å²) in [5.74, 6) is 1.08. The van der Waals surface area contributed by atoms with Gasteiger partial charge in [0, 0.05) is 24.8 Å². The molecule has 0 aromatic carbocycles. The number of aryl methyl sites for hydroxylation is 1. The van der Waals surface area contributed by atoms with Crippen molar-refractivity contribution >= 4 is 5.82 Å². The SMILES string of the molecule is CCNCc1ccc(N(CC)C(C)C)nc1C. The van der Waals surface area contributed by atoms with Crippen LogP contribution in [0.2, 0.25) is 0 Å². The smallest absolute Gasteiger partial charge is 0.129 e. The lowest BCUT2D eigenvalue weighted by Gasteiger charge is -2.26. The van der Waals surface area contributed by atoms with E-state index in [2.05, 4.69) is 57.0 Å². The maximum absolute atomic E-state index is 4.70. The Kier molecular flexibility index (Phi) is 5.42. The molecule has 0 amide bonds. The summed E-state index contributed by atoms with van der Waals surface area (Å²) < 4.78 is 0. The average Bonchev–Trinajstić information content (AvgIpc) is 2.28. The van der Waals surface area contributed by atoms with E-state index in [-0.39, 0.29) is 0 Å². The molecule has 0 unspecified atom stereocenters. The first-order valence-electron chi connectivity index (χ1n) is 6.54. The fourth-order valence-corrected chi connectivity index (χ4v) is 1.97. The molecule has 0 aliphatic rings. The Bertz CT molecular complexity index is 347. The van der Waals surface area contributed by atoms with Crippen molar-refractivity contribution in [2.75, 3.05) is 18.0 Å². The van der Waals surface area contributed by atoms with E-state index in [0.717, 1.165) is 31.1 Å². The number of anilines is 1. The zero-order valence-corrected chi connectivity index (χ0v) is 11.7. The third-order valence-electron chi connectivity index (χ3n) is 3.00. The van der Waals surface area contributed by atoms with Gasteiger partial charge in [-0.25, -0.2) is 4.98 Å². The lowest BCUT2D eigenvalue weighted by molar-refractivity contribution is 0.687. The van der Waals surface area contributed by atoms with Crippen molar-refractivity contribution in [3.63, 3.8) is 0 Å². The summed E-state index contributed by atoms with van der Waals surface area (Å²) in [5.41, 5.74) is 2.41. The van der Waals surface area contributed by atoms with Crippen LogP contribution in [0.15, 0.2) is 12.1 Å². The van der Waals surface area contributed by atoms with Gasteiger partial charge in [0.1, 0.15) is 5.82 Å². The monoisotopic (exact) mass is 235 g/mol. The van der Waals surface area contributed by atoms with Crippen molar-refractivity contribution < 1.29 is 0 Å². The van der Waals surface area contributed by atoms with Crippen LogP contribution in [0.5, 0.6) is 0 Å². The van der Waals surface area contributed by atoms with E-state index >= 15 is 0 Å². The number of rotatable bonds is 6. The summed E-state index contributed by atoms with van der Waals surface area (Å²) in [6, 6.07) is 4.81. The third-order valence-corrected chi connectivity index (χ3v) is 3.00. The minimum atomic E-state index is 0.492. The van der Waals surface area contributed by atoms with Gasteiger partial charge in [-0.15, -0.1) is 0 Å². The molecule has 1 aromatic heterocycles. The first-order chi connectivity index (χ1) is 8.10. The van der Waals surface area contributed by atoms with Gasteiger partial charge in [-0.05, 0) is 45.9 Å². The minimum Gasteiger partial charge on any atom is -0.354 e. The second-order valence-electron chi connectivity index (χ2n) is 4.57. The molecule has 0 fully saturated rings. The predicted octanol–water partition coefficient (Wildman–Crippen LogP) is 2.73. The second kappa shape index (κ2) is 6.60. The van der Waals surface area contributed by atoms with Gasteiger partial charge < -0.3 is 10.2 Å². The molecule has 1 aromatic rings. The number of pyridine rings is 1. The van der Waals surface area contributed by atoms with Crippen LogP contribution in [-0.4, -0.2) is 24.1 Å². The molecular formula is C14H25N3. The average molecular weight is 235 g/mol. The van der Waals surface area contributed by atoms with Gasteiger partial charge in [-0.1, -0.05) is 13.0 Å². The van der Waals surface area contributed by atoms with Gasteiger partial charge >= 0.3 is 0 Å². The topological polar surface area (TPSA) is 28.2 Å². The van der Waals surface area contributed by atoms with E-state index in [1.165, 1.54) is 5.56 Å². The maximum Gasteiger partial charge on any atom is 0.129 e. The first kappa shape index (κ1) is 14.0. The van der Waals surface area contributed by atoms with E-state index < -0.39 is 0 Å². The van der Waals surface area contributed by atoms with Crippen LogP contribution >= 0.6 is 0 Å². The summed E-state index contributed by atoms with van der Waals surface area (Å²) in [5, 5.41) is 3.34. The molecule has 0 saturated carbocycles. The molecule has 0 saturated heterocycles. The number of nitrogens with one attached hydrogen (secondary N) is 1. The van der Waals surface area contributed by atoms with Crippen molar-refractivity contribution in [1.82, 2.24) is 10.3 Å². The highest BCUT2D eigenvalue weighted by atomic mass is 15.2. The van der Waals surface area contributed by atoms with Gasteiger partial charge in [0.05, 0.1) is 0 Å². The molecule has 0 aliphatic carbocycles. The maximum atomic E-state index is 4.70. The number of hydrogen-bond acceptors (Lipinski definition) is 3. The van der Waals surface area contributed by atoms with Crippen LogP contribution in [0.4, 0.5) is 5.82 Å². The van der Waals surface area contributed by atoms with E-state index in [1.54, 1.807) is 0 Å². The quantitative estimate of drug-likeness (QED) is 0.821. The zero-order valence-electron chi connectivity index (χ0n) is 11.7. The van der Waals surface area contributed by atoms with Gasteiger partial charge in [-0.3, -0.25) is 0 Å². The Morgan fingerprint density at radius 3 is 2.47 bits per heavy atom. The normalized spacial score (nSPS) is 10.9. The van der Waals surface area contributed by atoms with E-state index in [1.807, 2.05) is 0 Å². The van der Waals surface area contributed by atoms with Crippen LogP contribution in [0.25, 0.3) is 0 Å². The minimum absolute atomic E-state index is 0.492. The highest BCUT2D eigenvalue weighted by Gasteiger charge is 2.10. The van der Waals surface area contributed by atoms with E-state index in [0.29, 0.717) is 6.04 Å². The fourth-order valence-electron chi connectivity index (χ4n) is 1.97. The lowest BCUT2D eigenvalue weighted by atomic mass is 10.2. The molecule has 0 radical (unpaired) electrons. The molecule has 0 aliphatic heterocycles. The Hall–Kier alpha value is -1.09. The molecule has 1 heterocycles. The predicted molar refractivity (Wildman–Crippen MR) is 74.5 cm³/mol. The molecule has 1 N–H and O–H groups in total. The number of hydrogen-bond donors (Lipinski definition) is 1. The molecule has 0 spiro atoms. The number of aromatic nitrogens is 1. The summed E-state index contributed by atoms with van der Waals surface area (Å²) in [6.07, 6.45) is 0. The molecule has 96 valence electrons. The van der Waals surface area contributed by atoms with Crippen LogP contribution < -0.4 is 10.2 Å². The zero-order chi connectivity index (χ0) is 12.8. The number of nitrogens with zero attached hydrogens (tertiary/aromatic N) is 2. The second-order valence-corrected chi connectivity index (χ2v) is 4.57. The molecule has 0 atom stereocenters. The molecule has 0 bridgehead atoms. The van der Waals surface area contributed by atoms with E-state index in [9.17, 15) is 0 Å². The Balaban J connectivity index is 2.87. The van der Waals surface area contributed by atoms with Gasteiger partial charge in [0.2, 0.25) is 0 Å².